The van der Waals surface area contributed by atoms with Crippen LogP contribution in [-0.2, 0) is 13.0 Å². The third kappa shape index (κ3) is 5.86. The van der Waals surface area contributed by atoms with E-state index < -0.39 is 0 Å². The summed E-state index contributed by atoms with van der Waals surface area (Å²) in [5.74, 6) is 0.573. The van der Waals surface area contributed by atoms with Gasteiger partial charge in [-0.2, -0.15) is 0 Å². The Balaban J connectivity index is 1.48. The number of benzene rings is 1. The topological polar surface area (TPSA) is 66.5 Å². The van der Waals surface area contributed by atoms with Crippen molar-refractivity contribution in [1.29, 1.82) is 0 Å². The molecule has 0 bridgehead atoms. The van der Waals surface area contributed by atoms with Gasteiger partial charge in [0.15, 0.2) is 5.13 Å². The van der Waals surface area contributed by atoms with Crippen LogP contribution in [0.1, 0.15) is 20.8 Å². The zero-order valence-corrected chi connectivity index (χ0v) is 17.7. The number of amides is 1. The van der Waals surface area contributed by atoms with Gasteiger partial charge in [0.1, 0.15) is 5.75 Å². The van der Waals surface area contributed by atoms with E-state index in [0.717, 1.165) is 50.5 Å². The molecule has 2 N–H and O–H groups in total. The predicted octanol–water partition coefficient (Wildman–Crippen LogP) is 3.48. The van der Waals surface area contributed by atoms with Crippen LogP contribution in [0.15, 0.2) is 47.3 Å². The quantitative estimate of drug-likeness (QED) is 0.575. The van der Waals surface area contributed by atoms with Gasteiger partial charge >= 0.3 is 0 Å². The van der Waals surface area contributed by atoms with Gasteiger partial charge in [-0.25, -0.2) is 4.98 Å². The number of aromatic nitrogens is 1. The Hall–Kier alpha value is -2.26. The van der Waals surface area contributed by atoms with Gasteiger partial charge in [0.05, 0.1) is 6.61 Å². The van der Waals surface area contributed by atoms with Crippen LogP contribution in [0.2, 0.25) is 0 Å². The highest BCUT2D eigenvalue weighted by Gasteiger charge is 2.15. The van der Waals surface area contributed by atoms with E-state index in [0.29, 0.717) is 17.3 Å². The van der Waals surface area contributed by atoms with Crippen LogP contribution in [0, 0.1) is 0 Å². The molecule has 29 heavy (non-hydrogen) atoms. The summed E-state index contributed by atoms with van der Waals surface area (Å²) in [6.07, 6.45) is 2.54. The number of nitrogens with zero attached hydrogens (tertiary/aromatic N) is 2. The summed E-state index contributed by atoms with van der Waals surface area (Å²) in [5.41, 5.74) is 1.68. The summed E-state index contributed by atoms with van der Waals surface area (Å²) in [5, 5.41) is 10.8. The number of ether oxygens (including phenoxy) is 1. The average Bonchev–Trinajstić information content (AvgIpc) is 3.43. The first-order valence-corrected chi connectivity index (χ1v) is 11.5. The maximum atomic E-state index is 12.7. The lowest BCUT2D eigenvalue weighted by Crippen LogP contribution is -2.42. The third-order valence-corrected chi connectivity index (χ3v) is 6.32. The van der Waals surface area contributed by atoms with Crippen LogP contribution >= 0.6 is 22.7 Å². The van der Waals surface area contributed by atoms with Gasteiger partial charge in [-0.15, -0.1) is 22.7 Å². The summed E-state index contributed by atoms with van der Waals surface area (Å²) in [6, 6.07) is 9.99. The number of carbonyl (C=O) groups excluding carboxylic acids is 1. The van der Waals surface area contributed by atoms with E-state index in [1.165, 1.54) is 16.2 Å². The fourth-order valence-corrected chi connectivity index (χ4v) is 4.49. The van der Waals surface area contributed by atoms with Crippen molar-refractivity contribution in [3.05, 3.63) is 63.3 Å². The number of thiazole rings is 1. The Morgan fingerprint density at radius 3 is 2.86 bits per heavy atom. The van der Waals surface area contributed by atoms with E-state index in [4.69, 9.17) is 4.74 Å². The Morgan fingerprint density at radius 1 is 1.21 bits per heavy atom. The average molecular weight is 429 g/mol. The van der Waals surface area contributed by atoms with E-state index in [1.54, 1.807) is 17.5 Å². The molecule has 1 aliphatic rings. The molecule has 0 aliphatic carbocycles. The molecule has 2 aromatic heterocycles. The van der Waals surface area contributed by atoms with E-state index in [2.05, 4.69) is 44.1 Å². The fourth-order valence-electron chi connectivity index (χ4n) is 3.27. The molecule has 6 nitrogen and oxygen atoms in total. The summed E-state index contributed by atoms with van der Waals surface area (Å²) >= 11 is 3.14. The molecule has 1 saturated heterocycles. The third-order valence-electron chi connectivity index (χ3n) is 4.69. The van der Waals surface area contributed by atoms with E-state index >= 15 is 0 Å². The van der Waals surface area contributed by atoms with Crippen molar-refractivity contribution >= 4 is 33.7 Å². The fraction of sp³-hybridized carbons (Fsp3) is 0.333. The standard InChI is InChI=1S/C21H24N4O2S2/c26-20(24-21-23-6-11-29-21)17-12-16(15-25-7-4-22-5-8-25)13-18(14-17)27-9-3-19-2-1-10-28-19/h1-2,6,10-14,22H,3-5,7-9,15H2,(H,23,24,26). The number of piperazine rings is 1. The Kier molecular flexibility index (Phi) is 6.89. The van der Waals surface area contributed by atoms with Crippen LogP contribution in [0.25, 0.3) is 0 Å². The molecular weight excluding hydrogens is 404 g/mol. The van der Waals surface area contributed by atoms with Gasteiger partial charge in [-0.3, -0.25) is 15.0 Å². The Bertz CT molecular complexity index is 907. The molecule has 0 saturated carbocycles. The second-order valence-corrected chi connectivity index (χ2v) is 8.79. The molecule has 0 unspecified atom stereocenters. The number of anilines is 1. The zero-order chi connectivity index (χ0) is 19.9. The van der Waals surface area contributed by atoms with E-state index in [9.17, 15) is 4.79 Å². The van der Waals surface area contributed by atoms with Crippen molar-refractivity contribution in [3.8, 4) is 5.75 Å². The van der Waals surface area contributed by atoms with Crippen molar-refractivity contribution in [1.82, 2.24) is 15.2 Å². The molecule has 0 radical (unpaired) electrons. The molecule has 1 fully saturated rings. The number of carbonyl (C=O) groups is 1. The summed E-state index contributed by atoms with van der Waals surface area (Å²) < 4.78 is 6.02. The van der Waals surface area contributed by atoms with Crippen LogP contribution in [0.5, 0.6) is 5.75 Å². The molecule has 0 atom stereocenters. The van der Waals surface area contributed by atoms with Crippen LogP contribution in [0.3, 0.4) is 0 Å². The minimum Gasteiger partial charge on any atom is -0.493 e. The van der Waals surface area contributed by atoms with Gasteiger partial charge in [0.25, 0.3) is 5.91 Å². The SMILES string of the molecule is O=C(Nc1nccs1)c1cc(CN2CCNCC2)cc(OCCc2cccs2)c1. The van der Waals surface area contributed by atoms with Crippen LogP contribution < -0.4 is 15.4 Å². The lowest BCUT2D eigenvalue weighted by molar-refractivity contribution is 0.102. The zero-order valence-electron chi connectivity index (χ0n) is 16.1. The monoisotopic (exact) mass is 428 g/mol. The smallest absolute Gasteiger partial charge is 0.257 e. The second kappa shape index (κ2) is 9.98. The molecule has 1 aliphatic heterocycles. The van der Waals surface area contributed by atoms with Gasteiger partial charge in [-0.05, 0) is 35.2 Å². The van der Waals surface area contributed by atoms with Crippen LogP contribution in [-0.4, -0.2) is 48.6 Å². The van der Waals surface area contributed by atoms with E-state index in [-0.39, 0.29) is 5.91 Å². The Labute approximate surface area is 178 Å². The van der Waals surface area contributed by atoms with Crippen molar-refractivity contribution < 1.29 is 9.53 Å². The molecule has 1 aromatic carbocycles. The predicted molar refractivity (Wildman–Crippen MR) is 118 cm³/mol. The minimum atomic E-state index is -0.162. The van der Waals surface area contributed by atoms with Crippen molar-refractivity contribution in [3.63, 3.8) is 0 Å². The highest BCUT2D eigenvalue weighted by molar-refractivity contribution is 7.13. The number of hydrogen-bond donors (Lipinski definition) is 2. The molecule has 3 aromatic rings. The Morgan fingerprint density at radius 2 is 2.10 bits per heavy atom. The summed E-state index contributed by atoms with van der Waals surface area (Å²) in [6.45, 7) is 5.39. The molecule has 152 valence electrons. The maximum Gasteiger partial charge on any atom is 0.257 e. The normalized spacial score (nSPS) is 14.6. The lowest BCUT2D eigenvalue weighted by atomic mass is 10.1. The summed E-state index contributed by atoms with van der Waals surface area (Å²) in [7, 11) is 0. The van der Waals surface area contributed by atoms with Crippen molar-refractivity contribution in [2.75, 3.05) is 38.1 Å². The maximum absolute atomic E-state index is 12.7. The van der Waals surface area contributed by atoms with Crippen molar-refractivity contribution in [2.24, 2.45) is 0 Å². The molecule has 4 rings (SSSR count). The number of hydrogen-bond acceptors (Lipinski definition) is 7. The molecule has 3 heterocycles. The molecular formula is C21H24N4O2S2. The van der Waals surface area contributed by atoms with Gasteiger partial charge in [-0.1, -0.05) is 6.07 Å². The van der Waals surface area contributed by atoms with Gasteiger partial charge in [0, 0.05) is 61.2 Å². The van der Waals surface area contributed by atoms with E-state index in [1.807, 2.05) is 17.5 Å². The van der Waals surface area contributed by atoms with Crippen LogP contribution in [0.4, 0.5) is 5.13 Å². The number of nitrogens with one attached hydrogen (secondary N) is 2. The number of thiophene rings is 1. The first-order valence-electron chi connectivity index (χ1n) is 9.69. The molecule has 8 heteroatoms. The lowest BCUT2D eigenvalue weighted by Gasteiger charge is -2.27. The van der Waals surface area contributed by atoms with Crippen molar-refractivity contribution in [2.45, 2.75) is 13.0 Å². The highest BCUT2D eigenvalue weighted by Crippen LogP contribution is 2.21. The molecule has 0 spiro atoms. The van der Waals surface area contributed by atoms with Gasteiger partial charge in [0.2, 0.25) is 0 Å². The molecule has 1 amide bonds. The number of rotatable bonds is 8. The summed E-state index contributed by atoms with van der Waals surface area (Å²) in [4.78, 5) is 20.6. The second-order valence-electron chi connectivity index (χ2n) is 6.86. The largest absolute Gasteiger partial charge is 0.493 e. The minimum absolute atomic E-state index is 0.162. The van der Waals surface area contributed by atoms with Gasteiger partial charge < -0.3 is 10.1 Å². The first kappa shape index (κ1) is 20.0. The first-order chi connectivity index (χ1) is 14.3. The highest BCUT2D eigenvalue weighted by atomic mass is 32.1.